The van der Waals surface area contributed by atoms with Crippen molar-refractivity contribution in [2.45, 2.75) is 6.92 Å². The van der Waals surface area contributed by atoms with Crippen LogP contribution in [0.25, 0.3) is 11.1 Å². The van der Waals surface area contributed by atoms with Crippen LogP contribution in [0.2, 0.25) is 5.02 Å². The Morgan fingerprint density at radius 2 is 1.96 bits per heavy atom. The molecule has 0 unspecified atom stereocenters. The molecule has 124 valence electrons. The molecule has 0 fully saturated rings. The molecular weight excluding hydrogens is 321 g/mol. The molecule has 2 aromatic rings. The van der Waals surface area contributed by atoms with Crippen molar-refractivity contribution in [1.29, 1.82) is 0 Å². The van der Waals surface area contributed by atoms with Gasteiger partial charge >= 0.3 is 0 Å². The predicted octanol–water partition coefficient (Wildman–Crippen LogP) is 3.51. The number of hydrogen-bond donors (Lipinski definition) is 2. The monoisotopic (exact) mass is 339 g/mol. The van der Waals surface area contributed by atoms with Crippen LogP contribution in [0.4, 0.5) is 4.39 Å². The molecule has 0 aliphatic rings. The molecule has 0 heterocycles. The third-order valence-electron chi connectivity index (χ3n) is 2.99. The highest BCUT2D eigenvalue weighted by molar-refractivity contribution is 6.31. The van der Waals surface area contributed by atoms with Crippen LogP contribution in [-0.4, -0.2) is 31.8 Å². The number of halogens is 2. The summed E-state index contributed by atoms with van der Waals surface area (Å²) < 4.78 is 19.6. The summed E-state index contributed by atoms with van der Waals surface area (Å²) in [6, 6.07) is 9.58. The third kappa shape index (κ3) is 4.68. The van der Waals surface area contributed by atoms with Crippen molar-refractivity contribution in [2.75, 3.05) is 20.8 Å². The average molecular weight is 340 g/mol. The fourth-order valence-electron chi connectivity index (χ4n) is 2.01. The first-order chi connectivity index (χ1) is 11.1. The molecule has 0 aliphatic carbocycles. The molecule has 4 nitrogen and oxygen atoms in total. The van der Waals surface area contributed by atoms with Crippen molar-refractivity contribution in [3.8, 4) is 16.9 Å². The summed E-state index contributed by atoms with van der Waals surface area (Å²) in [7, 11) is 2.46. The second kappa shape index (κ2) is 9.12. The van der Waals surface area contributed by atoms with Crippen molar-refractivity contribution in [2.24, 2.45) is 0 Å². The van der Waals surface area contributed by atoms with Gasteiger partial charge in [0.2, 0.25) is 0 Å². The molecule has 2 rings (SSSR count). The van der Waals surface area contributed by atoms with Gasteiger partial charge in [0.05, 0.1) is 12.2 Å². The topological polar surface area (TPSA) is 58.6 Å². The smallest absolute Gasteiger partial charge is 0.253 e. The molecule has 1 amide bonds. The van der Waals surface area contributed by atoms with Crippen molar-refractivity contribution in [3.63, 3.8) is 0 Å². The number of nitrogens with one attached hydrogen (secondary N) is 1. The number of aliphatic hydroxyl groups is 1. The van der Waals surface area contributed by atoms with E-state index >= 15 is 0 Å². The molecule has 0 bridgehead atoms. The predicted molar refractivity (Wildman–Crippen MR) is 89.5 cm³/mol. The van der Waals surface area contributed by atoms with Crippen LogP contribution in [0.15, 0.2) is 36.4 Å². The first kappa shape index (κ1) is 18.9. The Labute approximate surface area is 139 Å². The Balaban J connectivity index is 0.00000127. The van der Waals surface area contributed by atoms with E-state index < -0.39 is 11.7 Å². The minimum absolute atomic E-state index is 0.00115. The summed E-state index contributed by atoms with van der Waals surface area (Å²) >= 11 is 6.00. The van der Waals surface area contributed by atoms with E-state index in [1.54, 1.807) is 24.3 Å². The summed E-state index contributed by atoms with van der Waals surface area (Å²) in [6.45, 7) is 2.36. The maximum absolute atomic E-state index is 14.1. The number of amides is 1. The first-order valence-electron chi connectivity index (χ1n) is 6.96. The maximum Gasteiger partial charge on any atom is 0.253 e. The standard InChI is InChI=1S/C16H15ClFNO2.CH4O/c1-3-21-15-7-5-11(17)9-13(15)10-4-6-12(14(18)8-10)16(20)19-2;1-2/h4-9H,3H2,1-2H3,(H,19,20);2H,1H3. The molecule has 0 saturated carbocycles. The van der Waals surface area contributed by atoms with Gasteiger partial charge in [0.25, 0.3) is 5.91 Å². The number of hydrogen-bond acceptors (Lipinski definition) is 3. The number of rotatable bonds is 4. The van der Waals surface area contributed by atoms with Gasteiger partial charge in [-0.25, -0.2) is 4.39 Å². The summed E-state index contributed by atoms with van der Waals surface area (Å²) in [5.41, 5.74) is 1.29. The Morgan fingerprint density at radius 1 is 1.26 bits per heavy atom. The molecule has 2 N–H and O–H groups in total. The lowest BCUT2D eigenvalue weighted by Crippen LogP contribution is -2.19. The van der Waals surface area contributed by atoms with Crippen molar-refractivity contribution in [1.82, 2.24) is 5.32 Å². The van der Waals surface area contributed by atoms with E-state index in [2.05, 4.69) is 5.32 Å². The van der Waals surface area contributed by atoms with Gasteiger partial charge in [-0.1, -0.05) is 17.7 Å². The molecule has 0 saturated heterocycles. The first-order valence-corrected chi connectivity index (χ1v) is 7.33. The maximum atomic E-state index is 14.1. The third-order valence-corrected chi connectivity index (χ3v) is 3.23. The van der Waals surface area contributed by atoms with Crippen LogP contribution < -0.4 is 10.1 Å². The average Bonchev–Trinajstić information content (AvgIpc) is 2.57. The lowest BCUT2D eigenvalue weighted by Gasteiger charge is -2.12. The van der Waals surface area contributed by atoms with Gasteiger partial charge < -0.3 is 15.2 Å². The van der Waals surface area contributed by atoms with Gasteiger partial charge in [-0.3, -0.25) is 4.79 Å². The fraction of sp³-hybridized carbons (Fsp3) is 0.235. The summed E-state index contributed by atoms with van der Waals surface area (Å²) in [6.07, 6.45) is 0. The van der Waals surface area contributed by atoms with E-state index in [4.69, 9.17) is 21.4 Å². The number of carbonyl (C=O) groups excluding carboxylic acids is 1. The molecule has 0 aromatic heterocycles. The summed E-state index contributed by atoms with van der Waals surface area (Å²) in [5, 5.41) is 9.93. The van der Waals surface area contributed by atoms with Crippen LogP contribution in [0, 0.1) is 5.82 Å². The van der Waals surface area contributed by atoms with E-state index in [1.807, 2.05) is 6.92 Å². The normalized spacial score (nSPS) is 9.65. The highest BCUT2D eigenvalue weighted by Gasteiger charge is 2.13. The van der Waals surface area contributed by atoms with Crippen molar-refractivity contribution < 1.29 is 19.0 Å². The summed E-state index contributed by atoms with van der Waals surface area (Å²) in [5.74, 6) is -0.432. The zero-order chi connectivity index (χ0) is 17.4. The molecule has 6 heteroatoms. The van der Waals surface area contributed by atoms with E-state index in [0.29, 0.717) is 28.5 Å². The molecule has 0 aliphatic heterocycles. The number of ether oxygens (including phenoxy) is 1. The molecular formula is C17H19ClFNO3. The van der Waals surface area contributed by atoms with Gasteiger partial charge in [-0.2, -0.15) is 0 Å². The summed E-state index contributed by atoms with van der Waals surface area (Å²) in [4.78, 5) is 11.5. The lowest BCUT2D eigenvalue weighted by molar-refractivity contribution is 0.0959. The fourth-order valence-corrected chi connectivity index (χ4v) is 2.18. The van der Waals surface area contributed by atoms with Gasteiger partial charge in [-0.05, 0) is 42.8 Å². The molecule has 2 aromatic carbocycles. The van der Waals surface area contributed by atoms with Crippen LogP contribution in [0.5, 0.6) is 5.75 Å². The molecule has 23 heavy (non-hydrogen) atoms. The SMILES string of the molecule is CCOc1ccc(Cl)cc1-c1ccc(C(=O)NC)c(F)c1.CO. The minimum Gasteiger partial charge on any atom is -0.493 e. The Hall–Kier alpha value is -2.11. The van der Waals surface area contributed by atoms with E-state index in [1.165, 1.54) is 19.2 Å². The van der Waals surface area contributed by atoms with Crippen LogP contribution >= 0.6 is 11.6 Å². The quantitative estimate of drug-likeness (QED) is 0.896. The molecule has 0 radical (unpaired) electrons. The highest BCUT2D eigenvalue weighted by atomic mass is 35.5. The molecule has 0 spiro atoms. The largest absolute Gasteiger partial charge is 0.493 e. The van der Waals surface area contributed by atoms with E-state index in [9.17, 15) is 9.18 Å². The Morgan fingerprint density at radius 3 is 2.52 bits per heavy atom. The van der Waals surface area contributed by atoms with Gasteiger partial charge in [0.1, 0.15) is 11.6 Å². The lowest BCUT2D eigenvalue weighted by atomic mass is 10.0. The second-order valence-electron chi connectivity index (χ2n) is 4.35. The van der Waals surface area contributed by atoms with Crippen molar-refractivity contribution >= 4 is 17.5 Å². The zero-order valence-electron chi connectivity index (χ0n) is 13.2. The van der Waals surface area contributed by atoms with Gasteiger partial charge in [-0.15, -0.1) is 0 Å². The Bertz CT molecular complexity index is 677. The molecule has 0 atom stereocenters. The highest BCUT2D eigenvalue weighted by Crippen LogP contribution is 2.33. The van der Waals surface area contributed by atoms with E-state index in [0.717, 1.165) is 7.11 Å². The van der Waals surface area contributed by atoms with Gasteiger partial charge in [0, 0.05) is 24.7 Å². The Kier molecular flexibility index (Phi) is 7.51. The minimum atomic E-state index is -0.589. The zero-order valence-corrected chi connectivity index (χ0v) is 13.9. The van der Waals surface area contributed by atoms with Crippen LogP contribution in [-0.2, 0) is 0 Å². The van der Waals surface area contributed by atoms with Gasteiger partial charge in [0.15, 0.2) is 0 Å². The number of carbonyl (C=O) groups is 1. The number of benzene rings is 2. The second-order valence-corrected chi connectivity index (χ2v) is 4.78. The van der Waals surface area contributed by atoms with E-state index in [-0.39, 0.29) is 5.56 Å². The number of aliphatic hydroxyl groups excluding tert-OH is 1. The van der Waals surface area contributed by atoms with Crippen LogP contribution in [0.1, 0.15) is 17.3 Å². The van der Waals surface area contributed by atoms with Crippen LogP contribution in [0.3, 0.4) is 0 Å². The van der Waals surface area contributed by atoms with Crippen molar-refractivity contribution in [3.05, 3.63) is 52.8 Å².